The first-order valence-corrected chi connectivity index (χ1v) is 7.46. The van der Waals surface area contributed by atoms with Crippen molar-refractivity contribution in [3.05, 3.63) is 29.8 Å². The van der Waals surface area contributed by atoms with Crippen molar-refractivity contribution >= 4 is 17.5 Å². The van der Waals surface area contributed by atoms with E-state index in [1.807, 2.05) is 24.3 Å². The number of carbonyl (C=O) groups excluding carboxylic acids is 2. The summed E-state index contributed by atoms with van der Waals surface area (Å²) in [6, 6.07) is 7.38. The van der Waals surface area contributed by atoms with Crippen LogP contribution in [0.15, 0.2) is 24.3 Å². The molecule has 5 nitrogen and oxygen atoms in total. The number of carbonyl (C=O) groups is 2. The molecule has 0 radical (unpaired) electrons. The van der Waals surface area contributed by atoms with Crippen molar-refractivity contribution in [2.45, 2.75) is 32.1 Å². The van der Waals surface area contributed by atoms with Crippen molar-refractivity contribution in [3.8, 4) is 0 Å². The molecule has 1 aromatic rings. The molecule has 0 bridgehead atoms. The van der Waals surface area contributed by atoms with Gasteiger partial charge >= 0.3 is 0 Å². The van der Waals surface area contributed by atoms with Gasteiger partial charge in [0.2, 0.25) is 11.8 Å². The molecule has 0 spiro atoms. The Morgan fingerprint density at radius 2 is 1.95 bits per heavy atom. The third-order valence-electron chi connectivity index (χ3n) is 3.64. The van der Waals surface area contributed by atoms with Gasteiger partial charge in [-0.05, 0) is 37.0 Å². The van der Waals surface area contributed by atoms with E-state index in [4.69, 9.17) is 5.11 Å². The van der Waals surface area contributed by atoms with Gasteiger partial charge in [0, 0.05) is 25.3 Å². The summed E-state index contributed by atoms with van der Waals surface area (Å²) < 4.78 is 0. The SMILES string of the molecule is O=C(CN1CCCCCC1=O)Nc1ccc(CCO)cc1. The summed E-state index contributed by atoms with van der Waals surface area (Å²) >= 11 is 0. The molecule has 1 aliphatic heterocycles. The van der Waals surface area contributed by atoms with Crippen LogP contribution >= 0.6 is 0 Å². The van der Waals surface area contributed by atoms with Gasteiger partial charge in [-0.25, -0.2) is 0 Å². The van der Waals surface area contributed by atoms with Crippen LogP contribution in [0.5, 0.6) is 0 Å². The quantitative estimate of drug-likeness (QED) is 0.864. The highest BCUT2D eigenvalue weighted by molar-refractivity contribution is 5.94. The summed E-state index contributed by atoms with van der Waals surface area (Å²) in [7, 11) is 0. The second-order valence-corrected chi connectivity index (χ2v) is 5.34. The van der Waals surface area contributed by atoms with E-state index >= 15 is 0 Å². The molecule has 1 fully saturated rings. The van der Waals surface area contributed by atoms with E-state index in [-0.39, 0.29) is 25.0 Å². The smallest absolute Gasteiger partial charge is 0.243 e. The van der Waals surface area contributed by atoms with Crippen molar-refractivity contribution in [3.63, 3.8) is 0 Å². The Kier molecular flexibility index (Phi) is 5.75. The summed E-state index contributed by atoms with van der Waals surface area (Å²) in [6.45, 7) is 0.904. The molecule has 1 saturated heterocycles. The molecule has 5 heteroatoms. The van der Waals surface area contributed by atoms with Crippen molar-refractivity contribution in [1.82, 2.24) is 4.90 Å². The Hall–Kier alpha value is -1.88. The zero-order valence-corrected chi connectivity index (χ0v) is 12.2. The predicted octanol–water partition coefficient (Wildman–Crippen LogP) is 1.56. The fourth-order valence-corrected chi connectivity index (χ4v) is 2.46. The third-order valence-corrected chi connectivity index (χ3v) is 3.64. The Balaban J connectivity index is 1.87. The standard InChI is InChI=1S/C16H22N2O3/c19-11-9-13-5-7-14(8-6-13)17-15(20)12-18-10-3-1-2-4-16(18)21/h5-8,19H,1-4,9-12H2,(H,17,20). The summed E-state index contributed by atoms with van der Waals surface area (Å²) in [5.41, 5.74) is 1.74. The zero-order chi connectivity index (χ0) is 15.1. The second kappa shape index (κ2) is 7.78. The van der Waals surface area contributed by atoms with Crippen molar-refractivity contribution in [2.24, 2.45) is 0 Å². The molecule has 1 aromatic carbocycles. The Labute approximate surface area is 125 Å². The van der Waals surface area contributed by atoms with Gasteiger partial charge in [0.1, 0.15) is 0 Å². The number of anilines is 1. The van der Waals surface area contributed by atoms with Gasteiger partial charge in [-0.15, -0.1) is 0 Å². The molecule has 1 aliphatic rings. The van der Waals surface area contributed by atoms with Gasteiger partial charge in [-0.2, -0.15) is 0 Å². The van der Waals surface area contributed by atoms with Crippen LogP contribution in [0.3, 0.4) is 0 Å². The minimum absolute atomic E-state index is 0.0703. The summed E-state index contributed by atoms with van der Waals surface area (Å²) in [6.07, 6.45) is 4.09. The number of likely N-dealkylation sites (tertiary alicyclic amines) is 1. The molecule has 2 N–H and O–H groups in total. The number of aliphatic hydroxyl groups excluding tert-OH is 1. The van der Waals surface area contributed by atoms with Gasteiger partial charge in [-0.3, -0.25) is 9.59 Å². The van der Waals surface area contributed by atoms with Crippen LogP contribution in [0.25, 0.3) is 0 Å². The van der Waals surface area contributed by atoms with Crippen LogP contribution in [-0.4, -0.2) is 41.5 Å². The zero-order valence-electron chi connectivity index (χ0n) is 12.2. The number of nitrogens with zero attached hydrogens (tertiary/aromatic N) is 1. The predicted molar refractivity (Wildman–Crippen MR) is 80.9 cm³/mol. The average molecular weight is 290 g/mol. The summed E-state index contributed by atoms with van der Waals surface area (Å²) in [5.74, 6) is -0.0962. The number of rotatable bonds is 5. The van der Waals surface area contributed by atoms with Gasteiger partial charge in [-0.1, -0.05) is 18.6 Å². The summed E-state index contributed by atoms with van der Waals surface area (Å²) in [5, 5.41) is 11.7. The maximum absolute atomic E-state index is 12.0. The third kappa shape index (κ3) is 4.86. The number of hydrogen-bond donors (Lipinski definition) is 2. The lowest BCUT2D eigenvalue weighted by atomic mass is 10.1. The largest absolute Gasteiger partial charge is 0.396 e. The van der Waals surface area contributed by atoms with E-state index in [9.17, 15) is 9.59 Å². The molecule has 0 unspecified atom stereocenters. The first kappa shape index (κ1) is 15.5. The van der Waals surface area contributed by atoms with Gasteiger partial charge in [0.15, 0.2) is 0 Å². The molecule has 0 aliphatic carbocycles. The lowest BCUT2D eigenvalue weighted by Gasteiger charge is -2.19. The maximum Gasteiger partial charge on any atom is 0.243 e. The first-order chi connectivity index (χ1) is 10.2. The van der Waals surface area contributed by atoms with Crippen molar-refractivity contribution in [2.75, 3.05) is 25.0 Å². The molecular weight excluding hydrogens is 268 g/mol. The van der Waals surface area contributed by atoms with Gasteiger partial charge in [0.25, 0.3) is 0 Å². The van der Waals surface area contributed by atoms with Crippen LogP contribution in [0.4, 0.5) is 5.69 Å². The topological polar surface area (TPSA) is 69.6 Å². The number of amides is 2. The lowest BCUT2D eigenvalue weighted by molar-refractivity contribution is -0.134. The second-order valence-electron chi connectivity index (χ2n) is 5.34. The highest BCUT2D eigenvalue weighted by atomic mass is 16.3. The normalized spacial score (nSPS) is 15.7. The molecule has 0 aromatic heterocycles. The lowest BCUT2D eigenvalue weighted by Crippen LogP contribution is -2.37. The van der Waals surface area contributed by atoms with E-state index in [0.717, 1.165) is 24.8 Å². The van der Waals surface area contributed by atoms with Crippen LogP contribution in [-0.2, 0) is 16.0 Å². The fourth-order valence-electron chi connectivity index (χ4n) is 2.46. The van der Waals surface area contributed by atoms with Crippen LogP contribution < -0.4 is 5.32 Å². The van der Waals surface area contributed by atoms with E-state index in [0.29, 0.717) is 25.1 Å². The van der Waals surface area contributed by atoms with Crippen LogP contribution in [0.2, 0.25) is 0 Å². The molecule has 1 heterocycles. The minimum atomic E-state index is -0.167. The monoisotopic (exact) mass is 290 g/mol. The molecule has 114 valence electrons. The number of aliphatic hydroxyl groups is 1. The Bertz CT molecular complexity index is 485. The highest BCUT2D eigenvalue weighted by Crippen LogP contribution is 2.12. The van der Waals surface area contributed by atoms with Crippen molar-refractivity contribution < 1.29 is 14.7 Å². The van der Waals surface area contributed by atoms with E-state index in [1.165, 1.54) is 0 Å². The van der Waals surface area contributed by atoms with E-state index < -0.39 is 0 Å². The number of benzene rings is 1. The van der Waals surface area contributed by atoms with Crippen LogP contribution in [0.1, 0.15) is 31.2 Å². The molecule has 0 saturated carbocycles. The molecule has 0 atom stereocenters. The van der Waals surface area contributed by atoms with Gasteiger partial charge in [0.05, 0.1) is 6.54 Å². The number of hydrogen-bond acceptors (Lipinski definition) is 3. The minimum Gasteiger partial charge on any atom is -0.396 e. The molecule has 2 amide bonds. The van der Waals surface area contributed by atoms with Gasteiger partial charge < -0.3 is 15.3 Å². The Morgan fingerprint density at radius 1 is 1.19 bits per heavy atom. The van der Waals surface area contributed by atoms with E-state index in [1.54, 1.807) is 4.90 Å². The summed E-state index contributed by atoms with van der Waals surface area (Å²) in [4.78, 5) is 25.5. The van der Waals surface area contributed by atoms with E-state index in [2.05, 4.69) is 5.32 Å². The average Bonchev–Trinajstić information content (AvgIpc) is 2.67. The maximum atomic E-state index is 12.0. The van der Waals surface area contributed by atoms with Crippen LogP contribution in [0, 0.1) is 0 Å². The molecule has 21 heavy (non-hydrogen) atoms. The Morgan fingerprint density at radius 3 is 2.67 bits per heavy atom. The fraction of sp³-hybridized carbons (Fsp3) is 0.500. The number of nitrogens with one attached hydrogen (secondary N) is 1. The molecular formula is C16H22N2O3. The molecule has 2 rings (SSSR count). The first-order valence-electron chi connectivity index (χ1n) is 7.46. The highest BCUT2D eigenvalue weighted by Gasteiger charge is 2.19. The van der Waals surface area contributed by atoms with Crippen molar-refractivity contribution in [1.29, 1.82) is 0 Å².